The predicted octanol–water partition coefficient (Wildman–Crippen LogP) is 1.73. The van der Waals surface area contributed by atoms with Crippen LogP contribution in [0.5, 0.6) is 0 Å². The zero-order valence-electron chi connectivity index (χ0n) is 15.8. The van der Waals surface area contributed by atoms with Crippen LogP contribution in [-0.4, -0.2) is 69.9 Å². The fraction of sp³-hybridized carbons (Fsp3) is 0.895. The molecule has 0 unspecified atom stereocenters. The van der Waals surface area contributed by atoms with E-state index in [0.717, 1.165) is 18.4 Å². The molecule has 140 valence electrons. The number of nitrogens with zero attached hydrogens (tertiary/aromatic N) is 5. The van der Waals surface area contributed by atoms with Crippen LogP contribution in [0.4, 0.5) is 0 Å². The quantitative estimate of drug-likeness (QED) is 0.900. The summed E-state index contributed by atoms with van der Waals surface area (Å²) >= 11 is 0. The Morgan fingerprint density at radius 2 is 1.64 bits per heavy atom. The molecule has 1 N–H and O–H groups in total. The molecule has 4 rings (SSSR count). The van der Waals surface area contributed by atoms with Gasteiger partial charge in [-0.1, -0.05) is 6.42 Å². The van der Waals surface area contributed by atoms with Crippen molar-refractivity contribution in [2.45, 2.75) is 63.5 Å². The predicted molar refractivity (Wildman–Crippen MR) is 99.6 cm³/mol. The average Bonchev–Trinajstić information content (AvgIpc) is 3.04. The first-order chi connectivity index (χ1) is 12.3. The molecule has 0 saturated carbocycles. The Kier molecular flexibility index (Phi) is 5.68. The summed E-state index contributed by atoms with van der Waals surface area (Å²) in [5.74, 6) is 2.96. The summed E-state index contributed by atoms with van der Waals surface area (Å²) in [4.78, 5) is 5.26. The topological polar surface area (TPSA) is 49.2 Å². The van der Waals surface area contributed by atoms with Crippen LogP contribution < -0.4 is 5.32 Å². The minimum absolute atomic E-state index is 0.588. The van der Waals surface area contributed by atoms with Gasteiger partial charge in [-0.05, 0) is 77.8 Å². The van der Waals surface area contributed by atoms with E-state index in [-0.39, 0.29) is 0 Å². The molecule has 4 heterocycles. The Morgan fingerprint density at radius 1 is 0.920 bits per heavy atom. The summed E-state index contributed by atoms with van der Waals surface area (Å²) in [5.41, 5.74) is 0. The van der Waals surface area contributed by atoms with Gasteiger partial charge >= 0.3 is 0 Å². The summed E-state index contributed by atoms with van der Waals surface area (Å²) in [6, 6.07) is 0.802. The number of hydrogen-bond donors (Lipinski definition) is 1. The maximum absolute atomic E-state index is 4.60. The number of hydrogen-bond acceptors (Lipinski definition) is 5. The smallest absolute Gasteiger partial charge is 0.146 e. The van der Waals surface area contributed by atoms with E-state index in [1.54, 1.807) is 0 Å². The van der Waals surface area contributed by atoms with E-state index in [1.807, 2.05) is 0 Å². The molecule has 3 aliphatic heterocycles. The maximum atomic E-state index is 4.60. The lowest BCUT2D eigenvalue weighted by molar-refractivity contribution is 0.124. The second-order valence-corrected chi connectivity index (χ2v) is 8.16. The monoisotopic (exact) mass is 346 g/mol. The lowest BCUT2D eigenvalue weighted by Crippen LogP contribution is -2.46. The molecule has 0 aliphatic carbocycles. The maximum Gasteiger partial charge on any atom is 0.146 e. The van der Waals surface area contributed by atoms with E-state index in [0.29, 0.717) is 5.92 Å². The van der Waals surface area contributed by atoms with Crippen molar-refractivity contribution in [3.8, 4) is 0 Å². The Labute approximate surface area is 152 Å². The van der Waals surface area contributed by atoms with E-state index >= 15 is 0 Å². The van der Waals surface area contributed by atoms with Crippen LogP contribution >= 0.6 is 0 Å². The summed E-state index contributed by atoms with van der Waals surface area (Å²) < 4.78 is 2.29. The van der Waals surface area contributed by atoms with Crippen molar-refractivity contribution in [3.63, 3.8) is 0 Å². The van der Waals surface area contributed by atoms with E-state index in [4.69, 9.17) is 0 Å². The third-order valence-corrected chi connectivity index (χ3v) is 6.53. The van der Waals surface area contributed by atoms with E-state index in [1.165, 1.54) is 90.0 Å². The van der Waals surface area contributed by atoms with Gasteiger partial charge in [-0.3, -0.25) is 4.90 Å². The van der Waals surface area contributed by atoms with Crippen LogP contribution in [0.1, 0.15) is 62.5 Å². The fourth-order valence-corrected chi connectivity index (χ4v) is 4.88. The van der Waals surface area contributed by atoms with Gasteiger partial charge in [0.05, 0.1) is 6.54 Å². The molecule has 6 heteroatoms. The zero-order chi connectivity index (χ0) is 17.1. The van der Waals surface area contributed by atoms with Gasteiger partial charge in [0, 0.05) is 19.0 Å². The first kappa shape index (κ1) is 17.4. The molecule has 1 aromatic rings. The number of likely N-dealkylation sites (tertiary alicyclic amines) is 2. The fourth-order valence-electron chi connectivity index (χ4n) is 4.88. The Bertz CT molecular complexity index is 536. The van der Waals surface area contributed by atoms with E-state index in [2.05, 4.69) is 36.9 Å². The molecule has 0 amide bonds. The second-order valence-electron chi connectivity index (χ2n) is 8.16. The number of aromatic nitrogens is 3. The summed E-state index contributed by atoms with van der Waals surface area (Å²) in [7, 11) is 2.17. The lowest BCUT2D eigenvalue weighted by atomic mass is 9.93. The normalized spacial score (nSPS) is 25.5. The van der Waals surface area contributed by atoms with Crippen molar-refractivity contribution in [1.29, 1.82) is 0 Å². The third-order valence-electron chi connectivity index (χ3n) is 6.53. The van der Waals surface area contributed by atoms with Crippen LogP contribution in [0.3, 0.4) is 0 Å². The highest BCUT2D eigenvalue weighted by Gasteiger charge is 2.29. The van der Waals surface area contributed by atoms with Gasteiger partial charge in [0.1, 0.15) is 11.6 Å². The molecule has 3 aliphatic rings. The van der Waals surface area contributed by atoms with Crippen molar-refractivity contribution in [2.75, 3.05) is 39.3 Å². The van der Waals surface area contributed by atoms with Crippen molar-refractivity contribution < 1.29 is 0 Å². The average molecular weight is 347 g/mol. The van der Waals surface area contributed by atoms with Crippen molar-refractivity contribution in [3.05, 3.63) is 11.6 Å². The molecule has 0 bridgehead atoms. The first-order valence-corrected chi connectivity index (χ1v) is 10.4. The third kappa shape index (κ3) is 4.07. The minimum Gasteiger partial charge on any atom is -0.317 e. The molecule has 0 atom stereocenters. The van der Waals surface area contributed by atoms with Gasteiger partial charge in [-0.15, -0.1) is 10.2 Å². The number of nitrogens with one attached hydrogen (secondary N) is 1. The summed E-state index contributed by atoms with van der Waals surface area (Å²) in [6.45, 7) is 8.24. The van der Waals surface area contributed by atoms with Crippen LogP contribution in [-0.2, 0) is 13.6 Å². The van der Waals surface area contributed by atoms with Crippen LogP contribution in [0.25, 0.3) is 0 Å². The van der Waals surface area contributed by atoms with Crippen molar-refractivity contribution in [1.82, 2.24) is 29.9 Å². The standard InChI is InChI=1S/C19H34N6/c1-23-18(15-24-11-3-2-4-12-24)21-22-19(23)16-7-13-25(14-8-16)17-5-9-20-10-6-17/h16-17,20H,2-15H2,1H3. The first-order valence-electron chi connectivity index (χ1n) is 10.4. The Hall–Kier alpha value is -0.980. The zero-order valence-corrected chi connectivity index (χ0v) is 15.8. The summed E-state index contributed by atoms with van der Waals surface area (Å²) in [5, 5.41) is 12.6. The lowest BCUT2D eigenvalue weighted by Gasteiger charge is -2.39. The van der Waals surface area contributed by atoms with Gasteiger partial charge < -0.3 is 14.8 Å². The molecule has 0 radical (unpaired) electrons. The molecule has 25 heavy (non-hydrogen) atoms. The van der Waals surface area contributed by atoms with Crippen molar-refractivity contribution in [2.24, 2.45) is 7.05 Å². The van der Waals surface area contributed by atoms with Gasteiger partial charge in [0.15, 0.2) is 0 Å². The van der Waals surface area contributed by atoms with Gasteiger partial charge in [0.2, 0.25) is 0 Å². The number of piperidine rings is 3. The molecule has 6 nitrogen and oxygen atoms in total. The molecule has 0 spiro atoms. The minimum atomic E-state index is 0.588. The molecular weight excluding hydrogens is 312 g/mol. The SMILES string of the molecule is Cn1c(CN2CCCCC2)nnc1C1CCN(C2CCNCC2)CC1. The molecule has 3 saturated heterocycles. The highest BCUT2D eigenvalue weighted by Crippen LogP contribution is 2.29. The second kappa shape index (κ2) is 8.14. The van der Waals surface area contributed by atoms with E-state index < -0.39 is 0 Å². The van der Waals surface area contributed by atoms with Crippen LogP contribution in [0.15, 0.2) is 0 Å². The highest BCUT2D eigenvalue weighted by atomic mass is 15.3. The number of rotatable bonds is 4. The highest BCUT2D eigenvalue weighted by molar-refractivity contribution is 5.04. The largest absolute Gasteiger partial charge is 0.317 e. The van der Waals surface area contributed by atoms with Gasteiger partial charge in [-0.2, -0.15) is 0 Å². The Balaban J connectivity index is 1.33. The van der Waals surface area contributed by atoms with Gasteiger partial charge in [0.25, 0.3) is 0 Å². The Morgan fingerprint density at radius 3 is 2.36 bits per heavy atom. The molecule has 3 fully saturated rings. The van der Waals surface area contributed by atoms with Crippen molar-refractivity contribution >= 4 is 0 Å². The molecule has 0 aromatic carbocycles. The summed E-state index contributed by atoms with van der Waals surface area (Å²) in [6.07, 6.45) is 9.15. The molecular formula is C19H34N6. The van der Waals surface area contributed by atoms with Gasteiger partial charge in [-0.25, -0.2) is 0 Å². The molecule has 1 aromatic heterocycles. The van der Waals surface area contributed by atoms with Crippen LogP contribution in [0.2, 0.25) is 0 Å². The van der Waals surface area contributed by atoms with E-state index in [9.17, 15) is 0 Å². The van der Waals surface area contributed by atoms with Crippen LogP contribution in [0, 0.1) is 0 Å².